The quantitative estimate of drug-likeness (QED) is 0.829. The van der Waals surface area contributed by atoms with Gasteiger partial charge < -0.3 is 5.32 Å². The van der Waals surface area contributed by atoms with E-state index in [9.17, 15) is 13.6 Å². The molecule has 0 atom stereocenters. The third-order valence-electron chi connectivity index (χ3n) is 2.85. The second kappa shape index (κ2) is 6.05. The third kappa shape index (κ3) is 3.36. The van der Waals surface area contributed by atoms with Gasteiger partial charge in [-0.25, -0.2) is 8.78 Å². The molecule has 0 aliphatic heterocycles. The van der Waals surface area contributed by atoms with E-state index in [1.54, 1.807) is 24.3 Å². The van der Waals surface area contributed by atoms with Gasteiger partial charge in [-0.1, -0.05) is 18.2 Å². The van der Waals surface area contributed by atoms with Crippen molar-refractivity contribution in [2.24, 2.45) is 0 Å². The minimum Gasteiger partial charge on any atom is -0.321 e. The van der Waals surface area contributed by atoms with E-state index in [-0.39, 0.29) is 12.0 Å². The monoisotopic (exact) mass is 293 g/mol. The summed E-state index contributed by atoms with van der Waals surface area (Å²) in [6.07, 6.45) is 0.0425. The molecule has 0 aliphatic carbocycles. The van der Waals surface area contributed by atoms with Crippen LogP contribution in [0.5, 0.6) is 0 Å². The molecule has 0 radical (unpaired) electrons. The zero-order valence-electron chi connectivity index (χ0n) is 10.8. The molecule has 0 aliphatic rings. The van der Waals surface area contributed by atoms with Gasteiger partial charge >= 0.3 is 0 Å². The lowest BCUT2D eigenvalue weighted by Gasteiger charge is -2.09. The first-order valence-corrected chi connectivity index (χ1v) is 6.44. The highest BCUT2D eigenvalue weighted by Crippen LogP contribution is 2.21. The van der Waals surface area contributed by atoms with Crippen LogP contribution in [0.4, 0.5) is 14.5 Å². The Morgan fingerprint density at radius 3 is 2.45 bits per heavy atom. The van der Waals surface area contributed by atoms with E-state index in [4.69, 9.17) is 0 Å². The Kier molecular flexibility index (Phi) is 4.39. The summed E-state index contributed by atoms with van der Waals surface area (Å²) in [5.41, 5.74) is 0.621. The van der Waals surface area contributed by atoms with Gasteiger partial charge in [0.05, 0.1) is 6.42 Å². The molecular formula is C15H13F2NOS. The molecule has 2 rings (SSSR count). The zero-order chi connectivity index (χ0) is 14.7. The normalized spacial score (nSPS) is 10.4. The van der Waals surface area contributed by atoms with Gasteiger partial charge in [0, 0.05) is 4.90 Å². The highest BCUT2D eigenvalue weighted by Gasteiger charge is 2.14. The number of amides is 1. The number of thiol groups is 1. The van der Waals surface area contributed by atoms with Crippen LogP contribution in [-0.4, -0.2) is 5.91 Å². The average molecular weight is 293 g/mol. The van der Waals surface area contributed by atoms with Crippen LogP contribution in [0.25, 0.3) is 0 Å². The fraction of sp³-hybridized carbons (Fsp3) is 0.133. The van der Waals surface area contributed by atoms with Gasteiger partial charge in [-0.05, 0) is 36.2 Å². The Morgan fingerprint density at radius 1 is 1.15 bits per heavy atom. The summed E-state index contributed by atoms with van der Waals surface area (Å²) >= 11 is 4.14. The van der Waals surface area contributed by atoms with Crippen LogP contribution in [-0.2, 0) is 11.2 Å². The van der Waals surface area contributed by atoms with Gasteiger partial charge in [0.15, 0.2) is 5.82 Å². The van der Waals surface area contributed by atoms with Crippen LogP contribution in [0.15, 0.2) is 41.3 Å². The summed E-state index contributed by atoms with van der Waals surface area (Å²) in [5, 5.41) is 2.27. The smallest absolute Gasteiger partial charge is 0.228 e. The molecule has 2 nitrogen and oxygen atoms in total. The first-order chi connectivity index (χ1) is 9.47. The number of hydrogen-bond donors (Lipinski definition) is 2. The van der Waals surface area contributed by atoms with Crippen LogP contribution in [0.1, 0.15) is 11.1 Å². The SMILES string of the molecule is Cc1ccc(F)c(NC(=O)Cc2ccc(S)cc2)c1F. The van der Waals surface area contributed by atoms with E-state index in [1.165, 1.54) is 13.0 Å². The largest absolute Gasteiger partial charge is 0.321 e. The van der Waals surface area contributed by atoms with Gasteiger partial charge in [-0.2, -0.15) is 0 Å². The number of benzene rings is 2. The number of aryl methyl sites for hydroxylation is 1. The zero-order valence-corrected chi connectivity index (χ0v) is 11.7. The standard InChI is InChI=1S/C15H13F2NOS/c1-9-2-7-12(16)15(14(9)17)18-13(19)8-10-3-5-11(20)6-4-10/h2-7,20H,8H2,1H3,(H,18,19). The Balaban J connectivity index is 2.12. The Labute approximate surface area is 121 Å². The first-order valence-electron chi connectivity index (χ1n) is 5.99. The number of anilines is 1. The third-order valence-corrected chi connectivity index (χ3v) is 3.15. The lowest BCUT2D eigenvalue weighted by Crippen LogP contribution is -2.16. The van der Waals surface area contributed by atoms with E-state index in [2.05, 4.69) is 17.9 Å². The Hall–Kier alpha value is -1.88. The number of nitrogens with one attached hydrogen (secondary N) is 1. The number of carbonyl (C=O) groups is 1. The Bertz CT molecular complexity index is 641. The molecule has 0 saturated carbocycles. The second-order valence-corrected chi connectivity index (χ2v) is 4.96. The summed E-state index contributed by atoms with van der Waals surface area (Å²) in [6.45, 7) is 1.51. The lowest BCUT2D eigenvalue weighted by molar-refractivity contribution is -0.115. The summed E-state index contributed by atoms with van der Waals surface area (Å²) in [4.78, 5) is 12.6. The van der Waals surface area contributed by atoms with E-state index < -0.39 is 23.2 Å². The van der Waals surface area contributed by atoms with Crippen molar-refractivity contribution in [2.75, 3.05) is 5.32 Å². The fourth-order valence-corrected chi connectivity index (χ4v) is 1.90. The van der Waals surface area contributed by atoms with E-state index in [1.807, 2.05) is 0 Å². The van der Waals surface area contributed by atoms with Crippen molar-refractivity contribution in [2.45, 2.75) is 18.2 Å². The number of carbonyl (C=O) groups excluding carboxylic acids is 1. The maximum absolute atomic E-state index is 13.7. The maximum atomic E-state index is 13.7. The molecule has 104 valence electrons. The Morgan fingerprint density at radius 2 is 1.80 bits per heavy atom. The van der Waals surface area contributed by atoms with E-state index in [0.717, 1.165) is 16.5 Å². The summed E-state index contributed by atoms with van der Waals surface area (Å²) < 4.78 is 27.3. The predicted molar refractivity (Wildman–Crippen MR) is 77.1 cm³/mol. The summed E-state index contributed by atoms with van der Waals surface area (Å²) in [7, 11) is 0. The summed E-state index contributed by atoms with van der Waals surface area (Å²) in [6, 6.07) is 9.43. The molecule has 1 N–H and O–H groups in total. The van der Waals surface area contributed by atoms with Gasteiger partial charge in [-0.3, -0.25) is 4.79 Å². The van der Waals surface area contributed by atoms with Gasteiger partial charge in [0.1, 0.15) is 11.5 Å². The van der Waals surface area contributed by atoms with Crippen LogP contribution in [0.3, 0.4) is 0 Å². The lowest BCUT2D eigenvalue weighted by atomic mass is 10.1. The van der Waals surface area contributed by atoms with E-state index >= 15 is 0 Å². The van der Waals surface area contributed by atoms with Crippen molar-refractivity contribution in [1.29, 1.82) is 0 Å². The molecule has 0 bridgehead atoms. The molecule has 0 saturated heterocycles. The van der Waals surface area contributed by atoms with Crippen LogP contribution < -0.4 is 5.32 Å². The topological polar surface area (TPSA) is 29.1 Å². The molecule has 5 heteroatoms. The molecule has 2 aromatic rings. The average Bonchev–Trinajstić information content (AvgIpc) is 2.42. The number of halogens is 2. The minimum atomic E-state index is -0.785. The van der Waals surface area contributed by atoms with Crippen molar-refractivity contribution >= 4 is 24.2 Å². The maximum Gasteiger partial charge on any atom is 0.228 e. The van der Waals surface area contributed by atoms with Crippen molar-refractivity contribution in [3.8, 4) is 0 Å². The molecule has 0 unspecified atom stereocenters. The fourth-order valence-electron chi connectivity index (χ4n) is 1.75. The number of hydrogen-bond acceptors (Lipinski definition) is 2. The molecule has 0 heterocycles. The molecule has 0 fully saturated rings. The molecule has 20 heavy (non-hydrogen) atoms. The van der Waals surface area contributed by atoms with Crippen molar-refractivity contribution in [3.05, 3.63) is 59.2 Å². The molecule has 0 spiro atoms. The number of rotatable bonds is 3. The highest BCUT2D eigenvalue weighted by atomic mass is 32.1. The second-order valence-electron chi connectivity index (χ2n) is 4.44. The van der Waals surface area contributed by atoms with Gasteiger partial charge in [0.2, 0.25) is 5.91 Å². The molecule has 1 amide bonds. The van der Waals surface area contributed by atoms with Crippen molar-refractivity contribution in [3.63, 3.8) is 0 Å². The molecule has 2 aromatic carbocycles. The van der Waals surface area contributed by atoms with Crippen LogP contribution in [0.2, 0.25) is 0 Å². The van der Waals surface area contributed by atoms with E-state index in [0.29, 0.717) is 0 Å². The van der Waals surface area contributed by atoms with Gasteiger partial charge in [-0.15, -0.1) is 12.6 Å². The van der Waals surface area contributed by atoms with Crippen LogP contribution in [0, 0.1) is 18.6 Å². The van der Waals surface area contributed by atoms with Crippen molar-refractivity contribution < 1.29 is 13.6 Å². The minimum absolute atomic E-state index is 0.0425. The predicted octanol–water partition coefficient (Wildman–Crippen LogP) is 3.74. The molecular weight excluding hydrogens is 280 g/mol. The highest BCUT2D eigenvalue weighted by molar-refractivity contribution is 7.80. The summed E-state index contributed by atoms with van der Waals surface area (Å²) in [5.74, 6) is -2.00. The first kappa shape index (κ1) is 14.5. The van der Waals surface area contributed by atoms with Crippen molar-refractivity contribution in [1.82, 2.24) is 0 Å². The van der Waals surface area contributed by atoms with Crippen LogP contribution >= 0.6 is 12.6 Å². The van der Waals surface area contributed by atoms with Gasteiger partial charge in [0.25, 0.3) is 0 Å². The molecule has 0 aromatic heterocycles.